The molecule has 0 bridgehead atoms. The van der Waals surface area contributed by atoms with Crippen molar-refractivity contribution in [1.29, 1.82) is 0 Å². The van der Waals surface area contributed by atoms with Crippen LogP contribution in [-0.2, 0) is 17.8 Å². The van der Waals surface area contributed by atoms with Crippen LogP contribution >= 0.6 is 0 Å². The first-order valence-electron chi connectivity index (χ1n) is 6.48. The van der Waals surface area contributed by atoms with Crippen LogP contribution in [0.25, 0.3) is 0 Å². The van der Waals surface area contributed by atoms with E-state index in [1.165, 1.54) is 10.7 Å². The number of rotatable bonds is 4. The largest absolute Gasteiger partial charge is 0.376 e. The second-order valence-corrected chi connectivity index (χ2v) is 4.94. The topological polar surface area (TPSA) is 72.9 Å². The van der Waals surface area contributed by atoms with Crippen LogP contribution in [-0.4, -0.2) is 15.7 Å². The van der Waals surface area contributed by atoms with E-state index < -0.39 is 5.91 Å². The molecular weight excluding hydrogens is 259 g/mol. The summed E-state index contributed by atoms with van der Waals surface area (Å²) in [6.45, 7) is 0.0531. The first-order chi connectivity index (χ1) is 9.63. The highest BCUT2D eigenvalue weighted by atomic mass is 19.1. The fourth-order valence-electron chi connectivity index (χ4n) is 2.65. The van der Waals surface area contributed by atoms with Crippen molar-refractivity contribution in [2.45, 2.75) is 25.4 Å². The highest BCUT2D eigenvalue weighted by Crippen LogP contribution is 2.34. The van der Waals surface area contributed by atoms with Gasteiger partial charge in [-0.2, -0.15) is 5.10 Å². The quantitative estimate of drug-likeness (QED) is 0.889. The minimum atomic E-state index is -0.437. The molecule has 3 rings (SSSR count). The normalized spacial score (nSPS) is 16.9. The molecule has 1 heterocycles. The van der Waals surface area contributed by atoms with E-state index in [2.05, 4.69) is 10.4 Å². The van der Waals surface area contributed by atoms with E-state index in [9.17, 15) is 9.18 Å². The molecule has 1 aliphatic rings. The van der Waals surface area contributed by atoms with Crippen LogP contribution in [0.4, 0.5) is 10.1 Å². The smallest absolute Gasteiger partial charge is 0.239 e. The third-order valence-corrected chi connectivity index (χ3v) is 3.51. The van der Waals surface area contributed by atoms with E-state index in [1.54, 1.807) is 18.5 Å². The van der Waals surface area contributed by atoms with Crippen molar-refractivity contribution in [1.82, 2.24) is 9.78 Å². The molecule has 1 atom stereocenters. The summed E-state index contributed by atoms with van der Waals surface area (Å²) in [5, 5.41) is 7.37. The number of primary amides is 1. The molecule has 1 aromatic heterocycles. The zero-order valence-corrected chi connectivity index (χ0v) is 10.8. The Morgan fingerprint density at radius 1 is 1.55 bits per heavy atom. The number of aromatic nitrogens is 2. The van der Waals surface area contributed by atoms with Crippen molar-refractivity contribution in [3.63, 3.8) is 0 Å². The SMILES string of the molecule is NC(=O)Cn1cc(NC2CCc3c(F)cccc32)cn1. The van der Waals surface area contributed by atoms with E-state index in [0.29, 0.717) is 0 Å². The van der Waals surface area contributed by atoms with Crippen LogP contribution in [0.15, 0.2) is 30.6 Å². The van der Waals surface area contributed by atoms with Crippen LogP contribution in [0.3, 0.4) is 0 Å². The van der Waals surface area contributed by atoms with E-state index in [0.717, 1.165) is 29.7 Å². The summed E-state index contributed by atoms with van der Waals surface area (Å²) in [5.74, 6) is -0.579. The molecule has 6 heteroatoms. The maximum Gasteiger partial charge on any atom is 0.239 e. The lowest BCUT2D eigenvalue weighted by atomic mass is 10.1. The number of carbonyl (C=O) groups excluding carboxylic acids is 1. The number of amides is 1. The first-order valence-corrected chi connectivity index (χ1v) is 6.48. The third kappa shape index (κ3) is 2.36. The molecule has 0 spiro atoms. The summed E-state index contributed by atoms with van der Waals surface area (Å²) < 4.78 is 15.1. The van der Waals surface area contributed by atoms with E-state index in [4.69, 9.17) is 5.73 Å². The highest BCUT2D eigenvalue weighted by molar-refractivity contribution is 5.73. The molecular formula is C14H15FN4O. The number of benzene rings is 1. The van der Waals surface area contributed by atoms with Gasteiger partial charge in [0.1, 0.15) is 12.4 Å². The van der Waals surface area contributed by atoms with Gasteiger partial charge in [0.15, 0.2) is 0 Å². The number of hydrogen-bond donors (Lipinski definition) is 2. The van der Waals surface area contributed by atoms with Gasteiger partial charge in [0.25, 0.3) is 0 Å². The number of carbonyl (C=O) groups is 1. The predicted molar refractivity (Wildman–Crippen MR) is 72.5 cm³/mol. The van der Waals surface area contributed by atoms with E-state index in [-0.39, 0.29) is 18.4 Å². The molecule has 1 unspecified atom stereocenters. The summed E-state index contributed by atoms with van der Waals surface area (Å²) >= 11 is 0. The highest BCUT2D eigenvalue weighted by Gasteiger charge is 2.24. The molecule has 2 aromatic rings. The number of fused-ring (bicyclic) bond motifs is 1. The van der Waals surface area contributed by atoms with Gasteiger partial charge in [-0.3, -0.25) is 9.48 Å². The number of halogens is 1. The summed E-state index contributed by atoms with van der Waals surface area (Å²) in [5.41, 5.74) is 7.69. The Morgan fingerprint density at radius 2 is 2.40 bits per heavy atom. The molecule has 1 amide bonds. The lowest BCUT2D eigenvalue weighted by Gasteiger charge is -2.13. The minimum Gasteiger partial charge on any atom is -0.376 e. The Labute approximate surface area is 115 Å². The zero-order valence-electron chi connectivity index (χ0n) is 10.8. The molecule has 20 heavy (non-hydrogen) atoms. The molecule has 1 aromatic carbocycles. The van der Waals surface area contributed by atoms with Crippen LogP contribution in [0.5, 0.6) is 0 Å². The van der Waals surface area contributed by atoms with Gasteiger partial charge in [0.2, 0.25) is 5.91 Å². The van der Waals surface area contributed by atoms with Gasteiger partial charge in [0.05, 0.1) is 17.9 Å². The average Bonchev–Trinajstić information content (AvgIpc) is 2.98. The second-order valence-electron chi connectivity index (χ2n) is 4.94. The lowest BCUT2D eigenvalue weighted by Crippen LogP contribution is -2.18. The van der Waals surface area contributed by atoms with Crippen LogP contribution < -0.4 is 11.1 Å². The maximum absolute atomic E-state index is 13.7. The molecule has 5 nitrogen and oxygen atoms in total. The lowest BCUT2D eigenvalue weighted by molar-refractivity contribution is -0.118. The Morgan fingerprint density at radius 3 is 3.20 bits per heavy atom. The third-order valence-electron chi connectivity index (χ3n) is 3.51. The molecule has 0 saturated carbocycles. The minimum absolute atomic E-state index is 0.0531. The summed E-state index contributed by atoms with van der Waals surface area (Å²) in [6, 6.07) is 5.24. The van der Waals surface area contributed by atoms with Gasteiger partial charge < -0.3 is 11.1 Å². The van der Waals surface area contributed by atoms with Crippen molar-refractivity contribution < 1.29 is 9.18 Å². The van der Waals surface area contributed by atoms with Crippen LogP contribution in [0, 0.1) is 5.82 Å². The van der Waals surface area contributed by atoms with Gasteiger partial charge in [-0.05, 0) is 30.0 Å². The average molecular weight is 274 g/mol. The van der Waals surface area contributed by atoms with Gasteiger partial charge in [-0.1, -0.05) is 12.1 Å². The summed E-state index contributed by atoms with van der Waals surface area (Å²) in [4.78, 5) is 10.8. The Bertz CT molecular complexity index is 652. The second kappa shape index (κ2) is 4.96. The Kier molecular flexibility index (Phi) is 3.14. The molecule has 0 radical (unpaired) electrons. The van der Waals surface area contributed by atoms with E-state index >= 15 is 0 Å². The molecule has 0 saturated heterocycles. The molecule has 0 aliphatic heterocycles. The molecule has 0 fully saturated rings. The van der Waals surface area contributed by atoms with E-state index in [1.807, 2.05) is 6.07 Å². The monoisotopic (exact) mass is 274 g/mol. The Hall–Kier alpha value is -2.37. The Balaban J connectivity index is 1.76. The standard InChI is InChI=1S/C14H15FN4O/c15-12-3-1-2-11-10(12)4-5-13(11)18-9-6-17-19(7-9)8-14(16)20/h1-3,6-7,13,18H,4-5,8H2,(H2,16,20). The zero-order chi connectivity index (χ0) is 14.1. The van der Waals surface area contributed by atoms with Gasteiger partial charge in [0, 0.05) is 6.20 Å². The fourth-order valence-corrected chi connectivity index (χ4v) is 2.65. The summed E-state index contributed by atoms with van der Waals surface area (Å²) in [7, 11) is 0. The van der Waals surface area contributed by atoms with Gasteiger partial charge in [-0.25, -0.2) is 4.39 Å². The van der Waals surface area contributed by atoms with Crippen molar-refractivity contribution in [3.8, 4) is 0 Å². The van der Waals surface area contributed by atoms with Crippen molar-refractivity contribution in [2.75, 3.05) is 5.32 Å². The number of hydrogen-bond acceptors (Lipinski definition) is 3. The van der Waals surface area contributed by atoms with Gasteiger partial charge >= 0.3 is 0 Å². The van der Waals surface area contributed by atoms with Crippen molar-refractivity contribution in [2.24, 2.45) is 5.73 Å². The van der Waals surface area contributed by atoms with Crippen LogP contribution in [0.1, 0.15) is 23.6 Å². The van der Waals surface area contributed by atoms with Crippen molar-refractivity contribution >= 4 is 11.6 Å². The van der Waals surface area contributed by atoms with Crippen LogP contribution in [0.2, 0.25) is 0 Å². The number of anilines is 1. The number of nitrogens with zero attached hydrogens (tertiary/aromatic N) is 2. The van der Waals surface area contributed by atoms with Gasteiger partial charge in [-0.15, -0.1) is 0 Å². The molecule has 1 aliphatic carbocycles. The molecule has 104 valence electrons. The molecule has 3 N–H and O–H groups in total. The maximum atomic E-state index is 13.7. The fraction of sp³-hybridized carbons (Fsp3) is 0.286. The number of nitrogens with one attached hydrogen (secondary N) is 1. The van der Waals surface area contributed by atoms with Crippen molar-refractivity contribution in [3.05, 3.63) is 47.5 Å². The summed E-state index contributed by atoms with van der Waals surface area (Å²) in [6.07, 6.45) is 4.94. The number of nitrogens with two attached hydrogens (primary N) is 1. The predicted octanol–water partition coefficient (Wildman–Crippen LogP) is 1.61. The first kappa shape index (κ1) is 12.7.